The fourth-order valence-corrected chi connectivity index (χ4v) is 3.83. The Labute approximate surface area is 216 Å². The summed E-state index contributed by atoms with van der Waals surface area (Å²) in [5.41, 5.74) is -8.77. The second kappa shape index (κ2) is 10.5. The maximum Gasteiger partial charge on any atom is 0.337 e. The van der Waals surface area contributed by atoms with Crippen LogP contribution in [-0.4, -0.2) is 72.4 Å². The summed E-state index contributed by atoms with van der Waals surface area (Å²) in [6, 6.07) is 7.90. The third kappa shape index (κ3) is 4.97. The third-order valence-corrected chi connectivity index (χ3v) is 5.38. The van der Waals surface area contributed by atoms with Gasteiger partial charge in [-0.2, -0.15) is 0 Å². The number of amides is 1. The third-order valence-electron chi connectivity index (χ3n) is 5.38. The van der Waals surface area contributed by atoms with E-state index in [9.17, 15) is 64.2 Å². The maximum absolute atomic E-state index is 14.1. The van der Waals surface area contributed by atoms with Crippen LogP contribution >= 0.6 is 0 Å². The van der Waals surface area contributed by atoms with Gasteiger partial charge in [-0.05, 0) is 36.4 Å². The van der Waals surface area contributed by atoms with Crippen molar-refractivity contribution >= 4 is 53.1 Å². The highest BCUT2D eigenvalue weighted by Gasteiger charge is 2.37. The lowest BCUT2D eigenvalue weighted by Crippen LogP contribution is -2.34. The number of hydrogen-bond acceptors (Lipinski definition) is 7. The number of carbonyl (C=O) groups is 7. The second-order valence-corrected chi connectivity index (χ2v) is 7.60. The van der Waals surface area contributed by atoms with Gasteiger partial charge in [0.05, 0.1) is 50.3 Å². The largest absolute Gasteiger partial charge is 0.478 e. The number of carboxylic acid groups (broad SMARTS) is 6. The average Bonchev–Trinajstić information content (AvgIpc) is 2.87. The maximum atomic E-state index is 14.1. The molecule has 6 N–H and O–H groups in total. The van der Waals surface area contributed by atoms with Gasteiger partial charge in [-0.3, -0.25) is 9.69 Å². The minimum Gasteiger partial charge on any atom is -0.478 e. The average molecular weight is 537 g/mol. The van der Waals surface area contributed by atoms with Crippen LogP contribution in [0.1, 0.15) is 72.5 Å². The summed E-state index contributed by atoms with van der Waals surface area (Å²) in [5, 5.41) is 58.6. The molecular weight excluding hydrogens is 522 g/mol. The molecule has 0 aliphatic carbocycles. The van der Waals surface area contributed by atoms with Crippen LogP contribution in [0.5, 0.6) is 0 Å². The van der Waals surface area contributed by atoms with Gasteiger partial charge in [0.2, 0.25) is 0 Å². The van der Waals surface area contributed by atoms with Crippen LogP contribution in [0.4, 0.5) is 11.4 Å². The van der Waals surface area contributed by atoms with Gasteiger partial charge in [0.1, 0.15) is 0 Å². The summed E-state index contributed by atoms with van der Waals surface area (Å²) in [7, 11) is 0. The van der Waals surface area contributed by atoms with E-state index < -0.39 is 92.0 Å². The lowest BCUT2D eigenvalue weighted by Gasteiger charge is -2.29. The molecule has 0 aromatic heterocycles. The molecule has 0 unspecified atom stereocenters. The predicted molar refractivity (Wildman–Crippen MR) is 128 cm³/mol. The van der Waals surface area contributed by atoms with Gasteiger partial charge in [-0.25, -0.2) is 28.8 Å². The molecule has 3 rings (SSSR count). The van der Waals surface area contributed by atoms with Crippen LogP contribution < -0.4 is 4.90 Å². The highest BCUT2D eigenvalue weighted by atomic mass is 16.4. The Morgan fingerprint density at radius 2 is 0.641 bits per heavy atom. The summed E-state index contributed by atoms with van der Waals surface area (Å²) < 4.78 is 0. The van der Waals surface area contributed by atoms with Gasteiger partial charge in [0, 0.05) is 0 Å². The van der Waals surface area contributed by atoms with Crippen molar-refractivity contribution in [3.05, 3.63) is 93.5 Å². The van der Waals surface area contributed by atoms with Crippen molar-refractivity contribution < 1.29 is 64.2 Å². The fraction of sp³-hybridized carbons (Fsp3) is 0. The van der Waals surface area contributed by atoms with E-state index in [4.69, 9.17) is 0 Å². The zero-order chi connectivity index (χ0) is 29.2. The lowest BCUT2D eigenvalue weighted by molar-refractivity contribution is 0.0668. The van der Waals surface area contributed by atoms with Gasteiger partial charge in [0.15, 0.2) is 0 Å². The molecule has 0 saturated carbocycles. The predicted octanol–water partition coefficient (Wildman–Crippen LogP) is 2.85. The summed E-state index contributed by atoms with van der Waals surface area (Å²) in [6.07, 6.45) is 0. The molecule has 14 heteroatoms. The minimum atomic E-state index is -1.83. The highest BCUT2D eigenvalue weighted by Crippen LogP contribution is 2.39. The lowest BCUT2D eigenvalue weighted by atomic mass is 9.95. The SMILES string of the molecule is O=C(O)c1cccc(C(=O)O)c1C(=O)N(c1c(C(=O)O)cccc1C(=O)O)c1c(C(=O)O)cccc1C(=O)O. The van der Waals surface area contributed by atoms with Gasteiger partial charge < -0.3 is 30.6 Å². The molecule has 0 saturated heterocycles. The molecule has 0 aliphatic rings. The van der Waals surface area contributed by atoms with E-state index in [1.807, 2.05) is 0 Å². The standard InChI is InChI=1S/C25H15NO13/c27-19(16-10(20(28)29)4-1-5-11(16)21(30)31)26(17-12(22(32)33)6-2-7-13(17)23(34)35)18-14(24(36)37)8-3-9-15(18)25(38)39/h1-9H,(H,28,29)(H,30,31)(H,32,33)(H,34,35)(H,36,37)(H,38,39). The van der Waals surface area contributed by atoms with E-state index in [1.165, 1.54) is 0 Å². The molecular formula is C25H15NO13. The number of carbonyl (C=O) groups excluding carboxylic acids is 1. The number of para-hydroxylation sites is 2. The van der Waals surface area contributed by atoms with E-state index in [-0.39, 0.29) is 4.90 Å². The Balaban J connectivity index is 2.67. The zero-order valence-corrected chi connectivity index (χ0v) is 19.2. The minimum absolute atomic E-state index is 0.0913. The van der Waals surface area contributed by atoms with E-state index in [0.717, 1.165) is 54.6 Å². The van der Waals surface area contributed by atoms with Crippen LogP contribution in [-0.2, 0) is 0 Å². The normalized spacial score (nSPS) is 10.4. The number of nitrogens with zero attached hydrogens (tertiary/aromatic N) is 1. The van der Waals surface area contributed by atoms with Crippen molar-refractivity contribution in [1.29, 1.82) is 0 Å². The Bertz CT molecular complexity index is 1430. The molecule has 0 atom stereocenters. The van der Waals surface area contributed by atoms with Gasteiger partial charge >= 0.3 is 35.8 Å². The van der Waals surface area contributed by atoms with Gasteiger partial charge in [-0.1, -0.05) is 18.2 Å². The van der Waals surface area contributed by atoms with Gasteiger partial charge in [0.25, 0.3) is 5.91 Å². The van der Waals surface area contributed by atoms with Crippen LogP contribution in [0.2, 0.25) is 0 Å². The number of anilines is 2. The second-order valence-electron chi connectivity index (χ2n) is 7.60. The number of hydrogen-bond donors (Lipinski definition) is 6. The quantitative estimate of drug-likeness (QED) is 0.230. The van der Waals surface area contributed by atoms with Crippen molar-refractivity contribution in [3.8, 4) is 0 Å². The molecule has 3 aromatic carbocycles. The van der Waals surface area contributed by atoms with E-state index in [2.05, 4.69) is 0 Å². The first-order chi connectivity index (χ1) is 18.3. The molecule has 1 amide bonds. The van der Waals surface area contributed by atoms with Crippen LogP contribution in [0.3, 0.4) is 0 Å². The molecule has 0 heterocycles. The van der Waals surface area contributed by atoms with Crippen LogP contribution in [0.25, 0.3) is 0 Å². The molecule has 198 valence electrons. The van der Waals surface area contributed by atoms with E-state index >= 15 is 0 Å². The molecule has 0 radical (unpaired) electrons. The molecule has 39 heavy (non-hydrogen) atoms. The van der Waals surface area contributed by atoms with Crippen LogP contribution in [0.15, 0.2) is 54.6 Å². The van der Waals surface area contributed by atoms with Crippen molar-refractivity contribution in [2.45, 2.75) is 0 Å². The smallest absolute Gasteiger partial charge is 0.337 e. The Kier molecular flexibility index (Phi) is 7.42. The summed E-state index contributed by atoms with van der Waals surface area (Å²) in [4.78, 5) is 86.6. The van der Waals surface area contributed by atoms with Crippen molar-refractivity contribution in [2.75, 3.05) is 4.90 Å². The highest BCUT2D eigenvalue weighted by molar-refractivity contribution is 6.25. The van der Waals surface area contributed by atoms with Crippen molar-refractivity contribution in [1.82, 2.24) is 0 Å². The zero-order valence-electron chi connectivity index (χ0n) is 19.2. The number of carboxylic acids is 6. The molecule has 0 fully saturated rings. The summed E-state index contributed by atoms with van der Waals surface area (Å²) >= 11 is 0. The summed E-state index contributed by atoms with van der Waals surface area (Å²) in [6.45, 7) is 0. The number of aromatic carboxylic acids is 6. The van der Waals surface area contributed by atoms with Gasteiger partial charge in [-0.15, -0.1) is 0 Å². The molecule has 0 aliphatic heterocycles. The van der Waals surface area contributed by atoms with Crippen molar-refractivity contribution in [3.63, 3.8) is 0 Å². The first kappa shape index (κ1) is 27.5. The number of rotatable bonds is 9. The fourth-order valence-electron chi connectivity index (χ4n) is 3.83. The Morgan fingerprint density at radius 1 is 0.410 bits per heavy atom. The Morgan fingerprint density at radius 3 is 0.872 bits per heavy atom. The monoisotopic (exact) mass is 537 g/mol. The number of benzene rings is 3. The molecule has 0 spiro atoms. The molecule has 3 aromatic rings. The first-order valence-electron chi connectivity index (χ1n) is 10.4. The first-order valence-corrected chi connectivity index (χ1v) is 10.4. The Hall–Kier alpha value is -6.05. The summed E-state index contributed by atoms with van der Waals surface area (Å²) in [5.74, 6) is -12.7. The van der Waals surface area contributed by atoms with E-state index in [1.54, 1.807) is 0 Å². The van der Waals surface area contributed by atoms with Crippen LogP contribution in [0, 0.1) is 0 Å². The van der Waals surface area contributed by atoms with Crippen molar-refractivity contribution in [2.24, 2.45) is 0 Å². The molecule has 0 bridgehead atoms. The van der Waals surface area contributed by atoms with E-state index in [0.29, 0.717) is 0 Å². The molecule has 14 nitrogen and oxygen atoms in total. The topological polar surface area (TPSA) is 244 Å².